The summed E-state index contributed by atoms with van der Waals surface area (Å²) >= 11 is 0. The van der Waals surface area contributed by atoms with Gasteiger partial charge in [0, 0.05) is 18.0 Å². The monoisotopic (exact) mass is 262 g/mol. The summed E-state index contributed by atoms with van der Waals surface area (Å²) < 4.78 is 5.54. The van der Waals surface area contributed by atoms with Crippen molar-refractivity contribution in [1.29, 1.82) is 0 Å². The topological polar surface area (TPSA) is 28.4 Å². The summed E-state index contributed by atoms with van der Waals surface area (Å²) in [6.45, 7) is 5.02. The lowest BCUT2D eigenvalue weighted by Gasteiger charge is -2.27. The molecule has 0 saturated carbocycles. The molecule has 3 rings (SSSR count). The lowest BCUT2D eigenvalue weighted by Crippen LogP contribution is -2.33. The summed E-state index contributed by atoms with van der Waals surface area (Å²) in [7, 11) is 0. The molecular weight excluding hydrogens is 236 g/mol. The molecule has 1 aliphatic heterocycles. The fourth-order valence-corrected chi connectivity index (χ4v) is 3.46. The van der Waals surface area contributed by atoms with Gasteiger partial charge in [0.1, 0.15) is 5.76 Å². The summed E-state index contributed by atoms with van der Waals surface area (Å²) in [6, 6.07) is 2.68. The van der Waals surface area contributed by atoms with Gasteiger partial charge in [0.2, 0.25) is 0 Å². The van der Waals surface area contributed by atoms with Crippen molar-refractivity contribution in [2.75, 3.05) is 26.2 Å². The Morgan fingerprint density at radius 2 is 2.11 bits per heavy atom. The van der Waals surface area contributed by atoms with Crippen LogP contribution in [0.2, 0.25) is 0 Å². The fourth-order valence-electron chi connectivity index (χ4n) is 3.46. The Bertz CT molecular complexity index is 382. The minimum atomic E-state index is 0.531. The first-order chi connectivity index (χ1) is 9.43. The zero-order valence-corrected chi connectivity index (χ0v) is 11.9. The van der Waals surface area contributed by atoms with Crippen LogP contribution in [0.1, 0.15) is 55.9 Å². The van der Waals surface area contributed by atoms with E-state index in [1.165, 1.54) is 69.5 Å². The molecule has 1 aliphatic carbocycles. The third kappa shape index (κ3) is 3.40. The molecule has 0 aromatic carbocycles. The van der Waals surface area contributed by atoms with E-state index < -0.39 is 0 Å². The molecule has 19 heavy (non-hydrogen) atoms. The standard InChI is InChI=1S/C16H26N2O/c1-2-10-18(11-3-1)12-5-9-17-15-6-4-7-16-14(15)8-13-19-16/h8,13,15,17H,1-7,9-12H2. The molecule has 1 saturated heterocycles. The second kappa shape index (κ2) is 6.58. The third-order valence-electron chi connectivity index (χ3n) is 4.54. The van der Waals surface area contributed by atoms with Crippen LogP contribution in [0.4, 0.5) is 0 Å². The van der Waals surface area contributed by atoms with Crippen LogP contribution in [0.5, 0.6) is 0 Å². The Balaban J connectivity index is 1.39. The van der Waals surface area contributed by atoms with Gasteiger partial charge in [-0.15, -0.1) is 0 Å². The SMILES string of the molecule is c1cc2c(o1)CCCC2NCCCN1CCCCC1. The van der Waals surface area contributed by atoms with E-state index in [0.29, 0.717) is 6.04 Å². The van der Waals surface area contributed by atoms with Crippen molar-refractivity contribution < 1.29 is 4.42 Å². The summed E-state index contributed by atoms with van der Waals surface area (Å²) in [6.07, 6.45) is 11.0. The highest BCUT2D eigenvalue weighted by molar-refractivity contribution is 5.23. The molecule has 1 atom stereocenters. The van der Waals surface area contributed by atoms with Gasteiger partial charge in [-0.3, -0.25) is 0 Å². The lowest BCUT2D eigenvalue weighted by atomic mass is 9.93. The van der Waals surface area contributed by atoms with Crippen LogP contribution < -0.4 is 5.32 Å². The summed E-state index contributed by atoms with van der Waals surface area (Å²) in [5, 5.41) is 3.72. The van der Waals surface area contributed by atoms with E-state index in [2.05, 4.69) is 16.3 Å². The third-order valence-corrected chi connectivity index (χ3v) is 4.54. The molecule has 0 radical (unpaired) electrons. The first-order valence-electron chi connectivity index (χ1n) is 7.95. The predicted molar refractivity (Wildman–Crippen MR) is 77.3 cm³/mol. The molecular formula is C16H26N2O. The molecule has 1 unspecified atom stereocenters. The van der Waals surface area contributed by atoms with Gasteiger partial charge in [0.25, 0.3) is 0 Å². The molecule has 2 heterocycles. The van der Waals surface area contributed by atoms with Gasteiger partial charge < -0.3 is 14.6 Å². The number of hydrogen-bond donors (Lipinski definition) is 1. The van der Waals surface area contributed by atoms with Crippen LogP contribution in [0.15, 0.2) is 16.7 Å². The smallest absolute Gasteiger partial charge is 0.108 e. The Morgan fingerprint density at radius 3 is 3.00 bits per heavy atom. The van der Waals surface area contributed by atoms with Crippen LogP contribution in [0, 0.1) is 0 Å². The molecule has 1 aromatic heterocycles. The number of likely N-dealkylation sites (tertiary alicyclic amines) is 1. The number of furan rings is 1. The largest absolute Gasteiger partial charge is 0.469 e. The van der Waals surface area contributed by atoms with Crippen LogP contribution in [0.3, 0.4) is 0 Å². The maximum Gasteiger partial charge on any atom is 0.108 e. The van der Waals surface area contributed by atoms with Crippen LogP contribution >= 0.6 is 0 Å². The van der Waals surface area contributed by atoms with Gasteiger partial charge in [0.15, 0.2) is 0 Å². The van der Waals surface area contributed by atoms with Crippen molar-refractivity contribution in [3.05, 3.63) is 23.7 Å². The van der Waals surface area contributed by atoms with E-state index in [9.17, 15) is 0 Å². The second-order valence-electron chi connectivity index (χ2n) is 5.95. The van der Waals surface area contributed by atoms with Crippen molar-refractivity contribution >= 4 is 0 Å². The zero-order chi connectivity index (χ0) is 12.9. The van der Waals surface area contributed by atoms with Gasteiger partial charge in [0.05, 0.1) is 6.26 Å². The number of fused-ring (bicyclic) bond motifs is 1. The molecule has 1 aromatic rings. The van der Waals surface area contributed by atoms with Crippen LogP contribution in [-0.4, -0.2) is 31.1 Å². The average molecular weight is 262 g/mol. The number of nitrogens with zero attached hydrogens (tertiary/aromatic N) is 1. The number of nitrogens with one attached hydrogen (secondary N) is 1. The first kappa shape index (κ1) is 13.2. The van der Waals surface area contributed by atoms with Crippen LogP contribution in [0.25, 0.3) is 0 Å². The maximum absolute atomic E-state index is 5.54. The molecule has 0 spiro atoms. The quantitative estimate of drug-likeness (QED) is 0.826. The fraction of sp³-hybridized carbons (Fsp3) is 0.750. The average Bonchev–Trinajstić information content (AvgIpc) is 2.94. The van der Waals surface area contributed by atoms with Crippen molar-refractivity contribution in [2.24, 2.45) is 0 Å². The molecule has 0 amide bonds. The Morgan fingerprint density at radius 1 is 1.21 bits per heavy atom. The highest BCUT2D eigenvalue weighted by Gasteiger charge is 2.21. The second-order valence-corrected chi connectivity index (χ2v) is 5.95. The van der Waals surface area contributed by atoms with Gasteiger partial charge in [-0.25, -0.2) is 0 Å². The van der Waals surface area contributed by atoms with Crippen molar-refractivity contribution in [3.63, 3.8) is 0 Å². The van der Waals surface area contributed by atoms with E-state index in [0.717, 1.165) is 13.0 Å². The molecule has 3 nitrogen and oxygen atoms in total. The number of hydrogen-bond acceptors (Lipinski definition) is 3. The number of aryl methyl sites for hydroxylation is 1. The van der Waals surface area contributed by atoms with Crippen LogP contribution in [-0.2, 0) is 6.42 Å². The molecule has 0 bridgehead atoms. The molecule has 3 heteroatoms. The van der Waals surface area contributed by atoms with Gasteiger partial charge in [-0.05, 0) is 64.3 Å². The number of piperidine rings is 1. The summed E-state index contributed by atoms with van der Waals surface area (Å²) in [5.74, 6) is 1.21. The lowest BCUT2D eigenvalue weighted by molar-refractivity contribution is 0.224. The molecule has 2 aliphatic rings. The van der Waals surface area contributed by atoms with E-state index in [1.54, 1.807) is 0 Å². The van der Waals surface area contributed by atoms with E-state index in [1.807, 2.05) is 6.26 Å². The Kier molecular flexibility index (Phi) is 4.57. The minimum Gasteiger partial charge on any atom is -0.469 e. The zero-order valence-electron chi connectivity index (χ0n) is 11.9. The summed E-state index contributed by atoms with van der Waals surface area (Å²) in [5.41, 5.74) is 1.41. The van der Waals surface area contributed by atoms with Gasteiger partial charge in [-0.2, -0.15) is 0 Å². The first-order valence-corrected chi connectivity index (χ1v) is 7.95. The minimum absolute atomic E-state index is 0.531. The maximum atomic E-state index is 5.54. The number of rotatable bonds is 5. The highest BCUT2D eigenvalue weighted by atomic mass is 16.3. The molecule has 1 fully saturated rings. The summed E-state index contributed by atoms with van der Waals surface area (Å²) in [4.78, 5) is 2.62. The van der Waals surface area contributed by atoms with Crippen molar-refractivity contribution in [2.45, 2.75) is 51.0 Å². The van der Waals surface area contributed by atoms with Gasteiger partial charge >= 0.3 is 0 Å². The molecule has 106 valence electrons. The van der Waals surface area contributed by atoms with E-state index >= 15 is 0 Å². The Labute approximate surface area is 116 Å². The van der Waals surface area contributed by atoms with Crippen molar-refractivity contribution in [1.82, 2.24) is 10.2 Å². The van der Waals surface area contributed by atoms with Gasteiger partial charge in [-0.1, -0.05) is 6.42 Å². The van der Waals surface area contributed by atoms with E-state index in [4.69, 9.17) is 4.42 Å². The Hall–Kier alpha value is -0.800. The van der Waals surface area contributed by atoms with Crippen molar-refractivity contribution in [3.8, 4) is 0 Å². The highest BCUT2D eigenvalue weighted by Crippen LogP contribution is 2.30. The molecule has 1 N–H and O–H groups in total. The normalized spacial score (nSPS) is 24.3. The van der Waals surface area contributed by atoms with E-state index in [-0.39, 0.29) is 0 Å². The predicted octanol–water partition coefficient (Wildman–Crippen LogP) is 3.12.